The molecule has 0 amide bonds. The van der Waals surface area contributed by atoms with Crippen LogP contribution in [0.3, 0.4) is 0 Å². The van der Waals surface area contributed by atoms with Gasteiger partial charge in [0, 0.05) is 6.42 Å². The minimum absolute atomic E-state index is 0.0162. The largest absolute Gasteiger partial charge is 0.481 e. The summed E-state index contributed by atoms with van der Waals surface area (Å²) in [6.07, 6.45) is 0.350. The highest BCUT2D eigenvalue weighted by Crippen LogP contribution is 2.34. The fraction of sp³-hybridized carbons (Fsp3) is 0.467. The van der Waals surface area contributed by atoms with Crippen LogP contribution in [0.4, 0.5) is 0 Å². The summed E-state index contributed by atoms with van der Waals surface area (Å²) in [5.41, 5.74) is 2.89. The van der Waals surface area contributed by atoms with Crippen molar-refractivity contribution in [2.24, 2.45) is 0 Å². The lowest BCUT2D eigenvalue weighted by Crippen LogP contribution is -2.12. The molecule has 0 radical (unpaired) electrons. The molecule has 0 unspecified atom stereocenters. The summed E-state index contributed by atoms with van der Waals surface area (Å²) in [6.45, 7) is 8.03. The number of hydrogen-bond acceptors (Lipinski definition) is 5. The predicted molar refractivity (Wildman–Crippen MR) is 83.3 cm³/mol. The zero-order valence-electron chi connectivity index (χ0n) is 13.0. The Morgan fingerprint density at radius 1 is 1.50 bits per heavy atom. The van der Waals surface area contributed by atoms with Gasteiger partial charge in [0.25, 0.3) is 0 Å². The van der Waals surface area contributed by atoms with Gasteiger partial charge in [0.1, 0.15) is 11.1 Å². The fourth-order valence-corrected chi connectivity index (χ4v) is 3.42. The number of aliphatic carboxylic acids is 1. The number of aryl methyl sites for hydroxylation is 1. The summed E-state index contributed by atoms with van der Waals surface area (Å²) in [6, 6.07) is 2.26. The number of carboxylic acid groups (broad SMARTS) is 1. The van der Waals surface area contributed by atoms with Gasteiger partial charge in [0.15, 0.2) is 0 Å². The van der Waals surface area contributed by atoms with Crippen molar-refractivity contribution in [3.05, 3.63) is 27.9 Å². The van der Waals surface area contributed by atoms with Crippen LogP contribution < -0.4 is 0 Å². The van der Waals surface area contributed by atoms with Crippen LogP contribution in [0.2, 0.25) is 0 Å². The zero-order valence-corrected chi connectivity index (χ0v) is 13.9. The molecule has 1 N–H and O–H groups in total. The Kier molecular flexibility index (Phi) is 4.33. The third-order valence-electron chi connectivity index (χ3n) is 3.45. The van der Waals surface area contributed by atoms with Gasteiger partial charge in [-0.25, -0.2) is 4.68 Å². The summed E-state index contributed by atoms with van der Waals surface area (Å²) in [5, 5.41) is 29.1. The first-order chi connectivity index (χ1) is 10.3. The molecule has 0 spiro atoms. The van der Waals surface area contributed by atoms with E-state index in [9.17, 15) is 10.1 Å². The van der Waals surface area contributed by atoms with E-state index in [1.165, 1.54) is 11.3 Å². The van der Waals surface area contributed by atoms with Crippen LogP contribution in [0.5, 0.6) is 0 Å². The van der Waals surface area contributed by atoms with E-state index >= 15 is 0 Å². The number of carboxylic acids is 1. The van der Waals surface area contributed by atoms with Gasteiger partial charge in [-0.05, 0) is 23.3 Å². The molecule has 116 valence electrons. The van der Waals surface area contributed by atoms with Crippen molar-refractivity contribution >= 4 is 17.3 Å². The van der Waals surface area contributed by atoms with Crippen molar-refractivity contribution < 1.29 is 9.90 Å². The van der Waals surface area contributed by atoms with E-state index < -0.39 is 5.97 Å². The van der Waals surface area contributed by atoms with Crippen LogP contribution >= 0.6 is 11.3 Å². The van der Waals surface area contributed by atoms with Crippen LogP contribution in [0.25, 0.3) is 5.00 Å². The maximum absolute atomic E-state index is 10.7. The van der Waals surface area contributed by atoms with Gasteiger partial charge in [-0.1, -0.05) is 26.0 Å². The number of aromatic nitrogens is 3. The van der Waals surface area contributed by atoms with E-state index in [1.807, 2.05) is 12.3 Å². The molecule has 0 atom stereocenters. The molecule has 0 saturated heterocycles. The molecular weight excluding hydrogens is 300 g/mol. The number of hydrogen-bond donors (Lipinski definition) is 1. The summed E-state index contributed by atoms with van der Waals surface area (Å²) in [7, 11) is 0. The Labute approximate surface area is 133 Å². The summed E-state index contributed by atoms with van der Waals surface area (Å²) in [5.74, 6) is -0.863. The van der Waals surface area contributed by atoms with Crippen molar-refractivity contribution in [1.82, 2.24) is 15.0 Å². The molecule has 0 bridgehead atoms. The normalized spacial score (nSPS) is 11.4. The van der Waals surface area contributed by atoms with E-state index in [1.54, 1.807) is 4.68 Å². The first-order valence-electron chi connectivity index (χ1n) is 6.91. The second-order valence-corrected chi connectivity index (χ2v) is 6.98. The SMILES string of the molecule is Cc1c(CCC(=O)O)nnn1-c1scc(C(C)(C)C)c1C#N. The first kappa shape index (κ1) is 16.2. The van der Waals surface area contributed by atoms with E-state index in [4.69, 9.17) is 5.11 Å². The van der Waals surface area contributed by atoms with E-state index in [-0.39, 0.29) is 11.8 Å². The average Bonchev–Trinajstić information content (AvgIpc) is 2.98. The standard InChI is InChI=1S/C15H18N4O2S/c1-9-12(5-6-13(20)21)17-18-19(9)14-10(7-16)11(8-22-14)15(2,3)4/h8H,5-6H2,1-4H3,(H,20,21). The van der Waals surface area contributed by atoms with Crippen LogP contribution in [-0.2, 0) is 16.6 Å². The number of thiophene rings is 1. The molecule has 6 nitrogen and oxygen atoms in total. The van der Waals surface area contributed by atoms with E-state index in [0.29, 0.717) is 17.7 Å². The first-order valence-corrected chi connectivity index (χ1v) is 7.79. The van der Waals surface area contributed by atoms with Gasteiger partial charge in [0.05, 0.1) is 23.4 Å². The Bertz CT molecular complexity index is 747. The second-order valence-electron chi connectivity index (χ2n) is 6.12. The molecule has 0 aromatic carbocycles. The minimum atomic E-state index is -0.863. The molecule has 2 aromatic heterocycles. The fourth-order valence-electron chi connectivity index (χ4n) is 2.17. The smallest absolute Gasteiger partial charge is 0.303 e. The van der Waals surface area contributed by atoms with Crippen LogP contribution in [0.15, 0.2) is 5.38 Å². The molecule has 0 fully saturated rings. The zero-order chi connectivity index (χ0) is 16.5. The quantitative estimate of drug-likeness (QED) is 0.936. The molecule has 0 aliphatic rings. The van der Waals surface area contributed by atoms with Gasteiger partial charge in [-0.3, -0.25) is 4.79 Å². The summed E-state index contributed by atoms with van der Waals surface area (Å²) in [4.78, 5) is 10.7. The van der Waals surface area contributed by atoms with Crippen molar-refractivity contribution in [3.63, 3.8) is 0 Å². The monoisotopic (exact) mass is 318 g/mol. The third kappa shape index (κ3) is 3.02. The molecule has 22 heavy (non-hydrogen) atoms. The molecule has 0 aliphatic carbocycles. The van der Waals surface area contributed by atoms with Crippen molar-refractivity contribution in [2.45, 2.75) is 46.0 Å². The number of carbonyl (C=O) groups is 1. The van der Waals surface area contributed by atoms with E-state index in [0.717, 1.165) is 16.3 Å². The van der Waals surface area contributed by atoms with Crippen LogP contribution in [0, 0.1) is 18.3 Å². The highest BCUT2D eigenvalue weighted by Gasteiger charge is 2.24. The van der Waals surface area contributed by atoms with Gasteiger partial charge in [-0.2, -0.15) is 5.26 Å². The molecule has 2 aromatic rings. The number of nitriles is 1. The molecule has 7 heteroatoms. The van der Waals surface area contributed by atoms with Gasteiger partial charge >= 0.3 is 5.97 Å². The van der Waals surface area contributed by atoms with Crippen molar-refractivity contribution in [2.75, 3.05) is 0 Å². The van der Waals surface area contributed by atoms with Gasteiger partial charge in [0.2, 0.25) is 0 Å². The summed E-state index contributed by atoms with van der Waals surface area (Å²) >= 11 is 1.45. The van der Waals surface area contributed by atoms with Crippen LogP contribution in [0.1, 0.15) is 49.7 Å². The maximum atomic E-state index is 10.7. The number of rotatable bonds is 4. The van der Waals surface area contributed by atoms with Crippen molar-refractivity contribution in [1.29, 1.82) is 5.26 Å². The van der Waals surface area contributed by atoms with E-state index in [2.05, 4.69) is 37.2 Å². The van der Waals surface area contributed by atoms with Crippen LogP contribution in [-0.4, -0.2) is 26.1 Å². The lowest BCUT2D eigenvalue weighted by atomic mass is 9.86. The summed E-state index contributed by atoms with van der Waals surface area (Å²) < 4.78 is 1.63. The second kappa shape index (κ2) is 5.89. The Hall–Kier alpha value is -2.20. The molecule has 2 rings (SSSR count). The maximum Gasteiger partial charge on any atom is 0.303 e. The molecule has 0 saturated carbocycles. The Morgan fingerprint density at radius 2 is 2.18 bits per heavy atom. The Balaban J connectivity index is 2.44. The van der Waals surface area contributed by atoms with Gasteiger partial charge in [-0.15, -0.1) is 16.4 Å². The average molecular weight is 318 g/mol. The topological polar surface area (TPSA) is 91.8 Å². The lowest BCUT2D eigenvalue weighted by molar-refractivity contribution is -0.136. The Morgan fingerprint density at radius 3 is 2.73 bits per heavy atom. The highest BCUT2D eigenvalue weighted by molar-refractivity contribution is 7.13. The minimum Gasteiger partial charge on any atom is -0.481 e. The molecule has 0 aliphatic heterocycles. The van der Waals surface area contributed by atoms with Crippen molar-refractivity contribution in [3.8, 4) is 11.1 Å². The van der Waals surface area contributed by atoms with Gasteiger partial charge < -0.3 is 5.11 Å². The predicted octanol–water partition coefficient (Wildman–Crippen LogP) is 2.82. The third-order valence-corrected chi connectivity index (χ3v) is 4.40. The highest BCUT2D eigenvalue weighted by atomic mass is 32.1. The molecule has 2 heterocycles. The lowest BCUT2D eigenvalue weighted by Gasteiger charge is -2.17. The number of nitrogens with zero attached hydrogens (tertiary/aromatic N) is 4. The molecular formula is C15H18N4O2S.